The predicted octanol–water partition coefficient (Wildman–Crippen LogP) is 2.67. The van der Waals surface area contributed by atoms with E-state index in [1.54, 1.807) is 26.0 Å². The Morgan fingerprint density at radius 1 is 0.750 bits per heavy atom. The molecule has 1 aromatic carbocycles. The lowest BCUT2D eigenvalue weighted by atomic mass is 10.1. The minimum atomic E-state index is -1.05. The molecule has 11 nitrogen and oxygen atoms in total. The van der Waals surface area contributed by atoms with E-state index in [1.165, 1.54) is 38.0 Å². The second-order valence-corrected chi connectivity index (χ2v) is 6.16. The maximum Gasteiger partial charge on any atom is 0.356 e. The highest BCUT2D eigenvalue weighted by molar-refractivity contribution is 5.88. The molecule has 3 rings (SSSR count). The van der Waals surface area contributed by atoms with E-state index in [-0.39, 0.29) is 16.8 Å². The molecule has 0 bridgehead atoms. The Morgan fingerprint density at radius 3 is 1.78 bits per heavy atom. The van der Waals surface area contributed by atoms with Crippen LogP contribution in [0.5, 0.6) is 5.75 Å². The van der Waals surface area contributed by atoms with E-state index < -0.39 is 17.9 Å². The fraction of sp³-hybridized carbons (Fsp3) is 0.190. The Hall–Kier alpha value is -4.41. The molecule has 168 valence electrons. The highest BCUT2D eigenvalue weighted by atomic mass is 16.5. The van der Waals surface area contributed by atoms with Gasteiger partial charge in [0.15, 0.2) is 5.69 Å². The van der Waals surface area contributed by atoms with Crippen LogP contribution < -0.4 is 4.74 Å². The number of hydrogen-bond acceptors (Lipinski definition) is 8. The first kappa shape index (κ1) is 25.6. The summed E-state index contributed by atoms with van der Waals surface area (Å²) in [5, 5.41) is 25.4. The Labute approximate surface area is 183 Å². The number of methoxy groups -OCH3 is 1. The SMILES string of the molecule is COc1cc(C(=O)O)ccc1C.Cc1cnc(C(=O)O)cn1.Cc1ncc(C(=O)O)cn1. The van der Waals surface area contributed by atoms with Gasteiger partial charge in [-0.2, -0.15) is 0 Å². The zero-order valence-electron chi connectivity index (χ0n) is 17.8. The molecule has 0 aliphatic rings. The summed E-state index contributed by atoms with van der Waals surface area (Å²) in [6, 6.07) is 4.79. The van der Waals surface area contributed by atoms with Crippen molar-refractivity contribution in [2.75, 3.05) is 7.11 Å². The van der Waals surface area contributed by atoms with Crippen LogP contribution in [0, 0.1) is 20.8 Å². The first-order valence-electron chi connectivity index (χ1n) is 8.97. The Balaban J connectivity index is 0.000000241. The molecule has 0 radical (unpaired) electrons. The zero-order chi connectivity index (χ0) is 24.3. The van der Waals surface area contributed by atoms with Gasteiger partial charge in [0.1, 0.15) is 11.6 Å². The van der Waals surface area contributed by atoms with Crippen molar-refractivity contribution in [1.29, 1.82) is 0 Å². The van der Waals surface area contributed by atoms with Crippen LogP contribution in [0.25, 0.3) is 0 Å². The Bertz CT molecular complexity index is 1010. The monoisotopic (exact) mass is 442 g/mol. The van der Waals surface area contributed by atoms with Crippen LogP contribution in [0.2, 0.25) is 0 Å². The predicted molar refractivity (Wildman–Crippen MR) is 112 cm³/mol. The van der Waals surface area contributed by atoms with E-state index in [0.717, 1.165) is 5.56 Å². The van der Waals surface area contributed by atoms with Crippen molar-refractivity contribution >= 4 is 17.9 Å². The van der Waals surface area contributed by atoms with Crippen LogP contribution in [0.1, 0.15) is 48.3 Å². The first-order valence-corrected chi connectivity index (χ1v) is 8.97. The van der Waals surface area contributed by atoms with E-state index in [4.69, 9.17) is 20.1 Å². The third-order valence-corrected chi connectivity index (χ3v) is 3.68. The van der Waals surface area contributed by atoms with Gasteiger partial charge in [0.2, 0.25) is 0 Å². The van der Waals surface area contributed by atoms with E-state index in [9.17, 15) is 14.4 Å². The van der Waals surface area contributed by atoms with Crippen molar-refractivity contribution in [2.45, 2.75) is 20.8 Å². The molecular weight excluding hydrogens is 420 g/mol. The van der Waals surface area contributed by atoms with E-state index in [2.05, 4.69) is 19.9 Å². The summed E-state index contributed by atoms with van der Waals surface area (Å²) >= 11 is 0. The van der Waals surface area contributed by atoms with Gasteiger partial charge in [0.25, 0.3) is 0 Å². The topological polar surface area (TPSA) is 173 Å². The molecule has 3 N–H and O–H groups in total. The third-order valence-electron chi connectivity index (χ3n) is 3.68. The Morgan fingerprint density at radius 2 is 1.34 bits per heavy atom. The molecule has 0 fully saturated rings. The minimum absolute atomic E-state index is 0.0226. The molecule has 0 saturated carbocycles. The highest BCUT2D eigenvalue weighted by Crippen LogP contribution is 2.18. The van der Waals surface area contributed by atoms with Crippen molar-refractivity contribution < 1.29 is 34.4 Å². The molecule has 0 unspecified atom stereocenters. The van der Waals surface area contributed by atoms with Gasteiger partial charge in [0.05, 0.1) is 30.1 Å². The van der Waals surface area contributed by atoms with Gasteiger partial charge < -0.3 is 20.1 Å². The van der Waals surface area contributed by atoms with E-state index >= 15 is 0 Å². The molecule has 0 saturated heterocycles. The van der Waals surface area contributed by atoms with Crippen molar-refractivity contribution in [3.63, 3.8) is 0 Å². The first-order chi connectivity index (χ1) is 15.0. The molecule has 32 heavy (non-hydrogen) atoms. The number of nitrogens with zero attached hydrogens (tertiary/aromatic N) is 4. The summed E-state index contributed by atoms with van der Waals surface area (Å²) in [5.74, 6) is -1.80. The van der Waals surface area contributed by atoms with Crippen LogP contribution in [-0.4, -0.2) is 60.3 Å². The number of ether oxygens (including phenoxy) is 1. The van der Waals surface area contributed by atoms with Gasteiger partial charge in [-0.05, 0) is 38.5 Å². The van der Waals surface area contributed by atoms with Crippen molar-refractivity contribution in [3.05, 3.63) is 76.9 Å². The average molecular weight is 442 g/mol. The van der Waals surface area contributed by atoms with E-state index in [0.29, 0.717) is 17.3 Å². The second-order valence-electron chi connectivity index (χ2n) is 6.16. The standard InChI is InChI=1S/C9H10O3.2C6H6N2O2/c1-6-3-4-7(9(10)11)5-8(6)12-2;1-4-7-2-5(3-8-4)6(9)10;1-4-2-8-5(3-7-4)6(9)10/h3-5H,1-2H3,(H,10,11);2*2-3H,1H3,(H,9,10). The number of carboxylic acid groups (broad SMARTS) is 3. The lowest BCUT2D eigenvalue weighted by molar-refractivity contribution is 0.0681. The average Bonchev–Trinajstić information content (AvgIpc) is 2.75. The molecule has 2 heterocycles. The van der Waals surface area contributed by atoms with Crippen molar-refractivity contribution in [2.24, 2.45) is 0 Å². The number of aromatic carboxylic acids is 3. The number of rotatable bonds is 4. The number of benzene rings is 1. The van der Waals surface area contributed by atoms with Gasteiger partial charge in [-0.3, -0.25) is 4.98 Å². The molecule has 3 aromatic rings. The maximum atomic E-state index is 10.5. The third kappa shape index (κ3) is 8.53. The van der Waals surface area contributed by atoms with Crippen LogP contribution in [0.4, 0.5) is 0 Å². The summed E-state index contributed by atoms with van der Waals surface area (Å²) < 4.78 is 4.97. The summed E-state index contributed by atoms with van der Waals surface area (Å²) in [4.78, 5) is 45.8. The highest BCUT2D eigenvalue weighted by Gasteiger charge is 2.05. The largest absolute Gasteiger partial charge is 0.496 e. The number of carbonyl (C=O) groups is 3. The number of carboxylic acids is 3. The smallest absolute Gasteiger partial charge is 0.356 e. The van der Waals surface area contributed by atoms with Gasteiger partial charge in [0, 0.05) is 18.6 Å². The molecule has 0 amide bonds. The molecule has 11 heteroatoms. The lowest BCUT2D eigenvalue weighted by Gasteiger charge is -2.04. The number of aromatic nitrogens is 4. The van der Waals surface area contributed by atoms with Gasteiger partial charge in [-0.25, -0.2) is 29.3 Å². The summed E-state index contributed by atoms with van der Waals surface area (Å²) in [6.45, 7) is 5.31. The van der Waals surface area contributed by atoms with Gasteiger partial charge in [-0.15, -0.1) is 0 Å². The molecule has 2 aromatic heterocycles. The minimum Gasteiger partial charge on any atom is -0.496 e. The van der Waals surface area contributed by atoms with Crippen LogP contribution >= 0.6 is 0 Å². The van der Waals surface area contributed by atoms with Crippen molar-refractivity contribution in [1.82, 2.24) is 19.9 Å². The molecule has 0 aliphatic carbocycles. The fourth-order valence-electron chi connectivity index (χ4n) is 1.96. The Kier molecular flexibility index (Phi) is 9.87. The zero-order valence-corrected chi connectivity index (χ0v) is 17.8. The molecular formula is C21H22N4O7. The maximum absolute atomic E-state index is 10.5. The number of aryl methyl sites for hydroxylation is 3. The summed E-state index contributed by atoms with van der Waals surface area (Å²) in [6.07, 6.45) is 5.22. The van der Waals surface area contributed by atoms with Crippen LogP contribution in [0.3, 0.4) is 0 Å². The molecule has 0 aliphatic heterocycles. The van der Waals surface area contributed by atoms with Crippen molar-refractivity contribution in [3.8, 4) is 5.75 Å². The van der Waals surface area contributed by atoms with Gasteiger partial charge in [-0.1, -0.05) is 6.07 Å². The van der Waals surface area contributed by atoms with Crippen LogP contribution in [-0.2, 0) is 0 Å². The molecule has 0 atom stereocenters. The lowest BCUT2D eigenvalue weighted by Crippen LogP contribution is -2.00. The summed E-state index contributed by atoms with van der Waals surface area (Å²) in [5.41, 5.74) is 1.99. The fourth-order valence-corrected chi connectivity index (χ4v) is 1.96. The second kappa shape index (κ2) is 12.3. The molecule has 0 spiro atoms. The van der Waals surface area contributed by atoms with Gasteiger partial charge >= 0.3 is 17.9 Å². The normalized spacial score (nSPS) is 9.38. The summed E-state index contributed by atoms with van der Waals surface area (Å²) in [7, 11) is 1.52. The quantitative estimate of drug-likeness (QED) is 0.542. The number of hydrogen-bond donors (Lipinski definition) is 3. The van der Waals surface area contributed by atoms with E-state index in [1.807, 2.05) is 6.92 Å². The van der Waals surface area contributed by atoms with Crippen LogP contribution in [0.15, 0.2) is 43.0 Å².